The van der Waals surface area contributed by atoms with E-state index < -0.39 is 0 Å². The molecule has 0 bridgehead atoms. The fraction of sp³-hybridized carbons (Fsp3) is 0.394. The van der Waals surface area contributed by atoms with Crippen LogP contribution in [0.2, 0.25) is 0 Å². The molecule has 0 spiro atoms. The van der Waals surface area contributed by atoms with Gasteiger partial charge >= 0.3 is 0 Å². The second-order valence-electron chi connectivity index (χ2n) is 11.2. The Morgan fingerprint density at radius 2 is 1.39 bits per heavy atom. The topological polar surface area (TPSA) is 151 Å². The van der Waals surface area contributed by atoms with Crippen LogP contribution in [0.1, 0.15) is 39.2 Å². The lowest BCUT2D eigenvalue weighted by Crippen LogP contribution is -2.46. The van der Waals surface area contributed by atoms with Gasteiger partial charge in [0, 0.05) is 73.0 Å². The number of benzene rings is 1. The third-order valence-corrected chi connectivity index (χ3v) is 8.20. The molecule has 0 radical (unpaired) electrons. The zero-order chi connectivity index (χ0) is 32.5. The minimum Gasteiger partial charge on any atom is -0.368 e. The highest BCUT2D eigenvalue weighted by molar-refractivity contribution is 5.92. The molecule has 0 aliphatic carbocycles. The van der Waals surface area contributed by atoms with E-state index in [9.17, 15) is 14.4 Å². The van der Waals surface area contributed by atoms with Crippen molar-refractivity contribution in [2.24, 2.45) is 0 Å². The number of carbonyl (C=O) groups is 2. The highest BCUT2D eigenvalue weighted by Crippen LogP contribution is 2.18. The summed E-state index contributed by atoms with van der Waals surface area (Å²) in [4.78, 5) is 57.7. The van der Waals surface area contributed by atoms with Gasteiger partial charge in [0.1, 0.15) is 17.1 Å². The van der Waals surface area contributed by atoms with Crippen LogP contribution in [0.5, 0.6) is 0 Å². The van der Waals surface area contributed by atoms with E-state index in [1.165, 1.54) is 0 Å². The van der Waals surface area contributed by atoms with Crippen molar-refractivity contribution < 1.29 is 9.59 Å². The Kier molecular flexibility index (Phi) is 10.9. The van der Waals surface area contributed by atoms with E-state index in [-0.39, 0.29) is 17.4 Å². The summed E-state index contributed by atoms with van der Waals surface area (Å²) in [5, 5.41) is 8.44. The number of H-pyrrole nitrogens is 1. The van der Waals surface area contributed by atoms with Crippen molar-refractivity contribution in [2.45, 2.75) is 19.9 Å². The van der Waals surface area contributed by atoms with Crippen LogP contribution in [0.4, 0.5) is 11.4 Å². The first kappa shape index (κ1) is 32.5. The summed E-state index contributed by atoms with van der Waals surface area (Å²) < 4.78 is 0. The maximum absolute atomic E-state index is 12.1. The second-order valence-corrected chi connectivity index (χ2v) is 11.2. The molecule has 2 fully saturated rings. The fourth-order valence-corrected chi connectivity index (χ4v) is 5.53. The van der Waals surface area contributed by atoms with Crippen molar-refractivity contribution in [2.75, 3.05) is 76.3 Å². The zero-order valence-electron chi connectivity index (χ0n) is 26.7. The molecule has 0 unspecified atom stereocenters. The third kappa shape index (κ3) is 8.03. The summed E-state index contributed by atoms with van der Waals surface area (Å²) in [5.74, 6) is -0.323. The van der Waals surface area contributed by atoms with Crippen LogP contribution in [0.3, 0.4) is 0 Å². The minimum absolute atomic E-state index is 0.105. The van der Waals surface area contributed by atoms with E-state index in [0.29, 0.717) is 23.5 Å². The average Bonchev–Trinajstić information content (AvgIpc) is 3.11. The number of rotatable bonds is 7. The molecule has 13 nitrogen and oxygen atoms in total. The Bertz CT molecular complexity index is 1680. The Morgan fingerprint density at radius 1 is 0.804 bits per heavy atom. The van der Waals surface area contributed by atoms with Gasteiger partial charge < -0.3 is 30.7 Å². The minimum atomic E-state index is -0.177. The van der Waals surface area contributed by atoms with E-state index in [4.69, 9.17) is 0 Å². The molecule has 2 aliphatic heterocycles. The number of amides is 2. The molecule has 0 saturated carbocycles. The van der Waals surface area contributed by atoms with Gasteiger partial charge in [-0.05, 0) is 48.4 Å². The lowest BCUT2D eigenvalue weighted by atomic mass is 10.1. The molecule has 4 N–H and O–H groups in total. The SMILES string of the molecule is CCc1nc2ccc(CN3CCN(c4ccc(C(=O)NC)nc4)CC3)cc2[nH]c1=O.CNC(=O)c1ccc(N2CCNCC2)cn1. The van der Waals surface area contributed by atoms with Crippen molar-refractivity contribution >= 4 is 34.2 Å². The highest BCUT2D eigenvalue weighted by Gasteiger charge is 2.18. The van der Waals surface area contributed by atoms with Crippen LogP contribution in [0.15, 0.2) is 59.7 Å². The summed E-state index contributed by atoms with van der Waals surface area (Å²) in [6.07, 6.45) is 4.15. The summed E-state index contributed by atoms with van der Waals surface area (Å²) in [7, 11) is 3.21. The Labute approximate surface area is 268 Å². The van der Waals surface area contributed by atoms with Gasteiger partial charge in [0.2, 0.25) is 0 Å². The van der Waals surface area contributed by atoms with Gasteiger partial charge in [-0.2, -0.15) is 0 Å². The maximum atomic E-state index is 12.1. The van der Waals surface area contributed by atoms with Crippen LogP contribution < -0.4 is 31.3 Å². The molecule has 0 atom stereocenters. The largest absolute Gasteiger partial charge is 0.368 e. The molecule has 6 rings (SSSR count). The van der Waals surface area contributed by atoms with E-state index in [1.54, 1.807) is 38.6 Å². The van der Waals surface area contributed by atoms with Crippen LogP contribution in [0.25, 0.3) is 11.0 Å². The number of pyridine rings is 2. The van der Waals surface area contributed by atoms with Gasteiger partial charge in [0.05, 0.1) is 34.8 Å². The summed E-state index contributed by atoms with van der Waals surface area (Å²) in [5.41, 5.74) is 6.24. The third-order valence-electron chi connectivity index (χ3n) is 8.20. The molecular formula is C33H42N10O3. The number of aromatic amines is 1. The average molecular weight is 627 g/mol. The molecule has 2 amide bonds. The number of aromatic nitrogens is 4. The number of anilines is 2. The maximum Gasteiger partial charge on any atom is 0.270 e. The lowest BCUT2D eigenvalue weighted by molar-refractivity contribution is 0.0950. The first-order valence-corrected chi connectivity index (χ1v) is 15.7. The van der Waals surface area contributed by atoms with Crippen molar-refractivity contribution in [1.29, 1.82) is 0 Å². The predicted octanol–water partition coefficient (Wildman–Crippen LogP) is 1.41. The molecular weight excluding hydrogens is 584 g/mol. The second kappa shape index (κ2) is 15.4. The highest BCUT2D eigenvalue weighted by atomic mass is 16.2. The van der Waals surface area contributed by atoms with Gasteiger partial charge in [0.25, 0.3) is 17.4 Å². The number of nitrogens with zero attached hydrogens (tertiary/aromatic N) is 6. The van der Waals surface area contributed by atoms with E-state index in [1.807, 2.05) is 31.2 Å². The molecule has 2 saturated heterocycles. The quantitative estimate of drug-likeness (QED) is 0.237. The molecule has 2 aliphatic rings. The van der Waals surface area contributed by atoms with Gasteiger partial charge in [-0.15, -0.1) is 0 Å². The number of piperazine rings is 2. The van der Waals surface area contributed by atoms with Gasteiger partial charge in [-0.3, -0.25) is 19.3 Å². The van der Waals surface area contributed by atoms with Gasteiger partial charge in [-0.25, -0.2) is 15.0 Å². The lowest BCUT2D eigenvalue weighted by Gasteiger charge is -2.36. The van der Waals surface area contributed by atoms with Crippen molar-refractivity contribution in [1.82, 2.24) is 40.8 Å². The van der Waals surface area contributed by atoms with Gasteiger partial charge in [-0.1, -0.05) is 13.0 Å². The molecule has 4 aromatic rings. The molecule has 13 heteroatoms. The number of hydrogen-bond donors (Lipinski definition) is 4. The number of hydrogen-bond acceptors (Lipinski definition) is 10. The van der Waals surface area contributed by atoms with Crippen LogP contribution >= 0.6 is 0 Å². The Balaban J connectivity index is 0.000000219. The molecule has 46 heavy (non-hydrogen) atoms. The molecule has 1 aromatic carbocycles. The van der Waals surface area contributed by atoms with Crippen LogP contribution in [-0.4, -0.2) is 103 Å². The fourth-order valence-electron chi connectivity index (χ4n) is 5.53. The van der Waals surface area contributed by atoms with Crippen molar-refractivity contribution in [3.05, 3.63) is 87.9 Å². The van der Waals surface area contributed by atoms with Crippen molar-refractivity contribution in [3.8, 4) is 0 Å². The molecule has 242 valence electrons. The van der Waals surface area contributed by atoms with Crippen LogP contribution in [-0.2, 0) is 13.0 Å². The number of fused-ring (bicyclic) bond motifs is 1. The standard InChI is InChI=1S/C22H26N6O2.C11H16N4O/c1-3-17-22(30)26-20-12-15(4-6-18(20)25-17)14-27-8-10-28(11-9-27)16-5-7-19(24-13-16)21(29)23-2;1-12-11(16)10-3-2-9(8-14-10)15-6-4-13-5-7-15/h4-7,12-13H,3,8-11,14H2,1-2H3,(H,23,29)(H,26,30);2-3,8,13H,4-7H2,1H3,(H,12,16). The number of aryl methyl sites for hydroxylation is 1. The van der Waals surface area contributed by atoms with Crippen molar-refractivity contribution in [3.63, 3.8) is 0 Å². The summed E-state index contributed by atoms with van der Waals surface area (Å²) in [6, 6.07) is 13.5. The Morgan fingerprint density at radius 3 is 1.91 bits per heavy atom. The zero-order valence-corrected chi connectivity index (χ0v) is 26.7. The molecule has 3 aromatic heterocycles. The molecule has 5 heterocycles. The predicted molar refractivity (Wildman–Crippen MR) is 180 cm³/mol. The number of nitrogens with one attached hydrogen (secondary N) is 4. The van der Waals surface area contributed by atoms with E-state index in [0.717, 1.165) is 86.9 Å². The van der Waals surface area contributed by atoms with E-state index in [2.05, 4.69) is 56.7 Å². The first-order valence-electron chi connectivity index (χ1n) is 15.7. The monoisotopic (exact) mass is 626 g/mol. The van der Waals surface area contributed by atoms with Gasteiger partial charge in [0.15, 0.2) is 0 Å². The van der Waals surface area contributed by atoms with E-state index >= 15 is 0 Å². The van der Waals surface area contributed by atoms with Crippen LogP contribution in [0, 0.1) is 0 Å². The smallest absolute Gasteiger partial charge is 0.270 e. The first-order chi connectivity index (χ1) is 22.4. The summed E-state index contributed by atoms with van der Waals surface area (Å²) >= 11 is 0. The normalized spacial score (nSPS) is 15.2. The number of carbonyl (C=O) groups excluding carboxylic acids is 2. The summed E-state index contributed by atoms with van der Waals surface area (Å²) in [6.45, 7) is 10.4. The Hall–Kier alpha value is -4.88.